The van der Waals surface area contributed by atoms with E-state index in [2.05, 4.69) is 10.4 Å². The summed E-state index contributed by atoms with van der Waals surface area (Å²) in [6.45, 7) is 2.47. The topological polar surface area (TPSA) is 85.2 Å². The second-order valence-electron chi connectivity index (χ2n) is 6.65. The number of imide groups is 1. The largest absolute Gasteiger partial charge is 0.395 e. The van der Waals surface area contributed by atoms with Crippen molar-refractivity contribution in [2.24, 2.45) is 5.10 Å². The predicted octanol–water partition coefficient (Wildman–Crippen LogP) is 2.31. The highest BCUT2D eigenvalue weighted by atomic mass is 16.3. The number of amides is 3. The minimum absolute atomic E-state index is 0.0759. The molecule has 146 valence electrons. The fourth-order valence-electron chi connectivity index (χ4n) is 3.25. The lowest BCUT2D eigenvalue weighted by molar-refractivity contribution is -0.131. The van der Waals surface area contributed by atoms with Crippen LogP contribution in [0.1, 0.15) is 24.5 Å². The van der Waals surface area contributed by atoms with E-state index in [1.807, 2.05) is 73.5 Å². The third-order valence-electron chi connectivity index (χ3n) is 4.96. The number of aliphatic hydroxyl groups is 1. The van der Waals surface area contributed by atoms with Crippen molar-refractivity contribution in [3.63, 3.8) is 0 Å². The molecule has 2 aromatic carbocycles. The third kappa shape index (κ3) is 3.61. The maximum absolute atomic E-state index is 13.0. The van der Waals surface area contributed by atoms with Gasteiger partial charge in [0.1, 0.15) is 5.54 Å². The number of rotatable bonds is 7. The average Bonchev–Trinajstić information content (AvgIpc) is 2.98. The number of nitrogens with one attached hydrogen (secondary N) is 1. The van der Waals surface area contributed by atoms with Gasteiger partial charge in [-0.3, -0.25) is 4.79 Å². The molecule has 3 rings (SSSR count). The standard InChI is InChI=1S/C21H24N4O3/c1-3-21(17-7-5-4-6-8-17)19(27)25(20(28)23-21)22-15-16-9-11-18(12-10-16)24(2)13-14-26/h4-12,15,26H,3,13-14H2,1-2H3,(H,23,28)/b22-15-/t21-/m1/s1. The first-order valence-electron chi connectivity index (χ1n) is 9.20. The molecule has 1 heterocycles. The molecule has 7 nitrogen and oxygen atoms in total. The minimum Gasteiger partial charge on any atom is -0.395 e. The van der Waals surface area contributed by atoms with Gasteiger partial charge in [0.2, 0.25) is 0 Å². The van der Waals surface area contributed by atoms with Crippen LogP contribution in [0, 0.1) is 0 Å². The molecule has 0 aliphatic carbocycles. The van der Waals surface area contributed by atoms with Crippen LogP contribution in [0.4, 0.5) is 10.5 Å². The van der Waals surface area contributed by atoms with Crippen molar-refractivity contribution in [3.05, 3.63) is 65.7 Å². The zero-order valence-corrected chi connectivity index (χ0v) is 16.0. The molecule has 1 saturated heterocycles. The summed E-state index contributed by atoms with van der Waals surface area (Å²) in [6, 6.07) is 16.1. The molecule has 1 aliphatic rings. The van der Waals surface area contributed by atoms with E-state index in [-0.39, 0.29) is 12.5 Å². The van der Waals surface area contributed by atoms with Gasteiger partial charge in [-0.05, 0) is 29.7 Å². The third-order valence-corrected chi connectivity index (χ3v) is 4.96. The van der Waals surface area contributed by atoms with Crippen molar-refractivity contribution in [1.82, 2.24) is 10.3 Å². The second-order valence-corrected chi connectivity index (χ2v) is 6.65. The fraction of sp³-hybridized carbons (Fsp3) is 0.286. The number of likely N-dealkylation sites (N-methyl/N-ethyl adjacent to an activating group) is 1. The highest BCUT2D eigenvalue weighted by molar-refractivity contribution is 6.07. The molecule has 1 atom stereocenters. The van der Waals surface area contributed by atoms with E-state index >= 15 is 0 Å². The molecular formula is C21H24N4O3. The van der Waals surface area contributed by atoms with E-state index in [4.69, 9.17) is 5.11 Å². The van der Waals surface area contributed by atoms with Crippen LogP contribution in [0.5, 0.6) is 0 Å². The van der Waals surface area contributed by atoms with Gasteiger partial charge in [-0.2, -0.15) is 5.10 Å². The molecule has 2 aromatic rings. The van der Waals surface area contributed by atoms with Crippen molar-refractivity contribution in [2.45, 2.75) is 18.9 Å². The molecule has 3 amide bonds. The molecule has 0 bridgehead atoms. The molecule has 1 fully saturated rings. The molecule has 2 N–H and O–H groups in total. The Morgan fingerprint density at radius 3 is 2.43 bits per heavy atom. The van der Waals surface area contributed by atoms with Crippen molar-refractivity contribution in [1.29, 1.82) is 0 Å². The number of carbonyl (C=O) groups excluding carboxylic acids is 2. The van der Waals surface area contributed by atoms with Crippen molar-refractivity contribution < 1.29 is 14.7 Å². The van der Waals surface area contributed by atoms with E-state index in [0.29, 0.717) is 13.0 Å². The van der Waals surface area contributed by atoms with Gasteiger partial charge in [0.25, 0.3) is 5.91 Å². The van der Waals surface area contributed by atoms with Gasteiger partial charge in [-0.1, -0.05) is 49.4 Å². The van der Waals surface area contributed by atoms with Crippen LogP contribution in [0.3, 0.4) is 0 Å². The Balaban J connectivity index is 1.79. The van der Waals surface area contributed by atoms with E-state index in [1.165, 1.54) is 6.21 Å². The zero-order valence-electron chi connectivity index (χ0n) is 16.0. The highest BCUT2D eigenvalue weighted by Gasteiger charge is 2.51. The molecule has 0 unspecified atom stereocenters. The van der Waals surface area contributed by atoms with Gasteiger partial charge in [0, 0.05) is 19.3 Å². The van der Waals surface area contributed by atoms with Crippen LogP contribution < -0.4 is 10.2 Å². The maximum Gasteiger partial charge on any atom is 0.346 e. The summed E-state index contributed by atoms with van der Waals surface area (Å²) < 4.78 is 0. The Morgan fingerprint density at radius 2 is 1.82 bits per heavy atom. The first kappa shape index (κ1) is 19.6. The number of nitrogens with zero attached hydrogens (tertiary/aromatic N) is 3. The summed E-state index contributed by atoms with van der Waals surface area (Å²) in [6.07, 6.45) is 1.92. The average molecular weight is 380 g/mol. The molecule has 0 aromatic heterocycles. The van der Waals surface area contributed by atoms with E-state index in [1.54, 1.807) is 0 Å². The van der Waals surface area contributed by atoms with Crippen LogP contribution in [-0.4, -0.2) is 48.5 Å². The van der Waals surface area contributed by atoms with Crippen LogP contribution in [0.25, 0.3) is 0 Å². The molecule has 0 radical (unpaired) electrons. The number of hydrogen-bond donors (Lipinski definition) is 2. The Hall–Kier alpha value is -3.19. The molecule has 7 heteroatoms. The van der Waals surface area contributed by atoms with Crippen molar-refractivity contribution in [3.8, 4) is 0 Å². The van der Waals surface area contributed by atoms with Crippen LogP contribution in [0.2, 0.25) is 0 Å². The Morgan fingerprint density at radius 1 is 1.14 bits per heavy atom. The van der Waals surface area contributed by atoms with Gasteiger partial charge in [-0.15, -0.1) is 5.01 Å². The van der Waals surface area contributed by atoms with Crippen LogP contribution in [-0.2, 0) is 10.3 Å². The second kappa shape index (κ2) is 8.22. The van der Waals surface area contributed by atoms with Crippen molar-refractivity contribution >= 4 is 23.8 Å². The van der Waals surface area contributed by atoms with Crippen molar-refractivity contribution in [2.75, 3.05) is 25.1 Å². The Labute approximate surface area is 164 Å². The van der Waals surface area contributed by atoms with Crippen LogP contribution in [0.15, 0.2) is 59.7 Å². The zero-order chi connectivity index (χ0) is 20.1. The first-order valence-corrected chi connectivity index (χ1v) is 9.20. The number of hydrazone groups is 1. The van der Waals surface area contributed by atoms with E-state index < -0.39 is 11.6 Å². The quantitative estimate of drug-likeness (QED) is 0.570. The van der Waals surface area contributed by atoms with E-state index in [9.17, 15) is 9.59 Å². The SMILES string of the molecule is CC[C@]1(c2ccccc2)NC(=O)N(/N=C\c2ccc(N(C)CCO)cc2)C1=O. The summed E-state index contributed by atoms with van der Waals surface area (Å²) in [7, 11) is 1.89. The molecule has 1 aliphatic heterocycles. The van der Waals surface area contributed by atoms with Gasteiger partial charge in [-0.25, -0.2) is 4.79 Å². The number of anilines is 1. The number of benzene rings is 2. The summed E-state index contributed by atoms with van der Waals surface area (Å²) in [5, 5.41) is 16.8. The van der Waals surface area contributed by atoms with Gasteiger partial charge < -0.3 is 15.3 Å². The molecular weight excluding hydrogens is 356 g/mol. The lowest BCUT2D eigenvalue weighted by Crippen LogP contribution is -2.43. The van der Waals surface area contributed by atoms with E-state index in [0.717, 1.165) is 21.8 Å². The lowest BCUT2D eigenvalue weighted by Gasteiger charge is -2.24. The van der Waals surface area contributed by atoms with Gasteiger partial charge in [0.15, 0.2) is 0 Å². The Kier molecular flexibility index (Phi) is 5.75. The molecule has 0 saturated carbocycles. The first-order chi connectivity index (χ1) is 13.5. The molecule has 28 heavy (non-hydrogen) atoms. The van der Waals surface area contributed by atoms with Crippen LogP contribution >= 0.6 is 0 Å². The van der Waals surface area contributed by atoms with Gasteiger partial charge in [0.05, 0.1) is 12.8 Å². The normalized spacial score (nSPS) is 19.3. The monoisotopic (exact) mass is 380 g/mol. The number of urea groups is 1. The highest BCUT2D eigenvalue weighted by Crippen LogP contribution is 2.32. The predicted molar refractivity (Wildman–Crippen MR) is 108 cm³/mol. The molecule has 0 spiro atoms. The summed E-state index contributed by atoms with van der Waals surface area (Å²) in [4.78, 5) is 27.3. The maximum atomic E-state index is 13.0. The van der Waals surface area contributed by atoms with Gasteiger partial charge >= 0.3 is 6.03 Å². The Bertz CT molecular complexity index is 867. The lowest BCUT2D eigenvalue weighted by atomic mass is 9.87. The fourth-order valence-corrected chi connectivity index (χ4v) is 3.25. The summed E-state index contributed by atoms with van der Waals surface area (Å²) >= 11 is 0. The minimum atomic E-state index is -1.09. The number of hydrogen-bond acceptors (Lipinski definition) is 5. The summed E-state index contributed by atoms with van der Waals surface area (Å²) in [5.41, 5.74) is 1.36. The smallest absolute Gasteiger partial charge is 0.346 e. The number of aliphatic hydroxyl groups excluding tert-OH is 1. The summed E-state index contributed by atoms with van der Waals surface area (Å²) in [5.74, 6) is -0.387. The number of carbonyl (C=O) groups is 2.